The summed E-state index contributed by atoms with van der Waals surface area (Å²) < 4.78 is 0. The van der Waals surface area contributed by atoms with E-state index < -0.39 is 17.6 Å². The highest BCUT2D eigenvalue weighted by molar-refractivity contribution is 5.84. The van der Waals surface area contributed by atoms with Gasteiger partial charge in [-0.15, -0.1) is 0 Å². The number of aliphatic carboxylic acids is 1. The van der Waals surface area contributed by atoms with E-state index in [-0.39, 0.29) is 11.4 Å². The molecule has 0 heterocycles. The second-order valence-corrected chi connectivity index (χ2v) is 6.07. The van der Waals surface area contributed by atoms with Crippen LogP contribution in [0.1, 0.15) is 48.5 Å². The molecule has 0 aromatic carbocycles. The molecule has 18 heavy (non-hydrogen) atoms. The molecule has 0 bridgehead atoms. The summed E-state index contributed by atoms with van der Waals surface area (Å²) in [5.74, 6) is -1.08. The average Bonchev–Trinajstić information content (AvgIpc) is 2.15. The number of amides is 1. The van der Waals surface area contributed by atoms with Crippen molar-refractivity contribution >= 4 is 11.9 Å². The molecule has 0 aliphatic carbocycles. The molecule has 2 N–H and O–H groups in total. The van der Waals surface area contributed by atoms with Gasteiger partial charge >= 0.3 is 5.97 Å². The topological polar surface area (TPSA) is 69.6 Å². The molecule has 0 rings (SSSR count). The van der Waals surface area contributed by atoms with E-state index in [1.807, 2.05) is 27.7 Å². The van der Waals surface area contributed by atoms with Crippen molar-refractivity contribution in [2.45, 2.75) is 65.6 Å². The van der Waals surface area contributed by atoms with Crippen molar-refractivity contribution in [3.05, 3.63) is 0 Å². The highest BCUT2D eigenvalue weighted by atomic mass is 16.4. The Kier molecular flexibility index (Phi) is 5.35. The van der Waals surface area contributed by atoms with E-state index in [0.29, 0.717) is 6.54 Å². The number of nitrogens with one attached hydrogen (secondary N) is 1. The van der Waals surface area contributed by atoms with Gasteiger partial charge in [0, 0.05) is 5.54 Å². The Morgan fingerprint density at radius 2 is 1.67 bits per heavy atom. The van der Waals surface area contributed by atoms with Gasteiger partial charge in [0.15, 0.2) is 0 Å². The minimum atomic E-state index is -1.07. The molecule has 0 aliphatic heterocycles. The van der Waals surface area contributed by atoms with Gasteiger partial charge in [-0.2, -0.15) is 0 Å². The first-order chi connectivity index (χ1) is 7.93. The standard InChI is InChI=1S/C13H26N2O3/c1-8-15(13(6,7)11(17)18)9(2)10(16)14-12(3,4)5/h9H,8H2,1-7H3,(H,14,16)(H,17,18). The zero-order chi connectivity index (χ0) is 14.7. The molecular formula is C13H26N2O3. The van der Waals surface area contributed by atoms with Crippen molar-refractivity contribution in [1.82, 2.24) is 10.2 Å². The van der Waals surface area contributed by atoms with Crippen LogP contribution in [0.25, 0.3) is 0 Å². The van der Waals surface area contributed by atoms with Crippen molar-refractivity contribution in [2.24, 2.45) is 0 Å². The number of likely N-dealkylation sites (N-methyl/N-ethyl adjacent to an activating group) is 1. The number of carboxylic acid groups (broad SMARTS) is 1. The number of nitrogens with zero attached hydrogens (tertiary/aromatic N) is 1. The molecule has 0 fully saturated rings. The Morgan fingerprint density at radius 1 is 1.22 bits per heavy atom. The molecule has 1 amide bonds. The van der Waals surface area contributed by atoms with Crippen LogP contribution in [0.15, 0.2) is 0 Å². The summed E-state index contributed by atoms with van der Waals surface area (Å²) in [5, 5.41) is 12.1. The molecule has 0 radical (unpaired) electrons. The SMILES string of the molecule is CCN(C(C)C(=O)NC(C)(C)C)C(C)(C)C(=O)O. The average molecular weight is 258 g/mol. The van der Waals surface area contributed by atoms with Crippen molar-refractivity contribution in [3.8, 4) is 0 Å². The molecular weight excluding hydrogens is 232 g/mol. The lowest BCUT2D eigenvalue weighted by molar-refractivity contribution is -0.152. The molecule has 106 valence electrons. The predicted octanol–water partition coefficient (Wildman–Crippen LogP) is 1.47. The van der Waals surface area contributed by atoms with Gasteiger partial charge in [-0.25, -0.2) is 0 Å². The van der Waals surface area contributed by atoms with Crippen molar-refractivity contribution < 1.29 is 14.7 Å². The largest absolute Gasteiger partial charge is 0.480 e. The van der Waals surface area contributed by atoms with Gasteiger partial charge in [0.1, 0.15) is 5.54 Å². The minimum Gasteiger partial charge on any atom is -0.480 e. The van der Waals surface area contributed by atoms with Crippen LogP contribution in [0.5, 0.6) is 0 Å². The number of carbonyl (C=O) groups is 2. The maximum absolute atomic E-state index is 12.1. The smallest absolute Gasteiger partial charge is 0.323 e. The fraction of sp³-hybridized carbons (Fsp3) is 0.846. The summed E-state index contributed by atoms with van der Waals surface area (Å²) in [7, 11) is 0. The molecule has 0 spiro atoms. The minimum absolute atomic E-state index is 0.154. The van der Waals surface area contributed by atoms with Crippen LogP contribution in [0.3, 0.4) is 0 Å². The quantitative estimate of drug-likeness (QED) is 0.783. The molecule has 1 unspecified atom stereocenters. The normalized spacial score (nSPS) is 14.4. The second-order valence-electron chi connectivity index (χ2n) is 6.07. The maximum atomic E-state index is 12.1. The lowest BCUT2D eigenvalue weighted by Gasteiger charge is -2.39. The molecule has 0 aromatic heterocycles. The van der Waals surface area contributed by atoms with E-state index in [1.165, 1.54) is 0 Å². The van der Waals surface area contributed by atoms with Gasteiger partial charge < -0.3 is 10.4 Å². The predicted molar refractivity (Wildman–Crippen MR) is 71.5 cm³/mol. The van der Waals surface area contributed by atoms with Gasteiger partial charge in [-0.1, -0.05) is 6.92 Å². The Morgan fingerprint density at radius 3 is 1.94 bits per heavy atom. The number of rotatable bonds is 5. The number of hydrogen-bond donors (Lipinski definition) is 2. The third kappa shape index (κ3) is 4.29. The van der Waals surface area contributed by atoms with Gasteiger partial charge in [-0.05, 0) is 48.1 Å². The lowest BCUT2D eigenvalue weighted by Crippen LogP contribution is -2.59. The van der Waals surface area contributed by atoms with Crippen molar-refractivity contribution in [2.75, 3.05) is 6.54 Å². The van der Waals surface area contributed by atoms with Gasteiger partial charge in [0.25, 0.3) is 0 Å². The molecule has 0 saturated carbocycles. The summed E-state index contributed by atoms with van der Waals surface area (Å²) >= 11 is 0. The van der Waals surface area contributed by atoms with Gasteiger partial charge in [0.05, 0.1) is 6.04 Å². The van der Waals surface area contributed by atoms with Crippen LogP contribution < -0.4 is 5.32 Å². The van der Waals surface area contributed by atoms with E-state index in [1.54, 1.807) is 25.7 Å². The highest BCUT2D eigenvalue weighted by Gasteiger charge is 2.39. The molecule has 1 atom stereocenters. The van der Waals surface area contributed by atoms with E-state index in [0.717, 1.165) is 0 Å². The molecule has 0 saturated heterocycles. The van der Waals surface area contributed by atoms with E-state index in [4.69, 9.17) is 0 Å². The fourth-order valence-corrected chi connectivity index (χ4v) is 1.89. The van der Waals surface area contributed by atoms with Crippen LogP contribution >= 0.6 is 0 Å². The Hall–Kier alpha value is -1.10. The first-order valence-electron chi connectivity index (χ1n) is 6.25. The van der Waals surface area contributed by atoms with Crippen LogP contribution in [-0.4, -0.2) is 45.5 Å². The first-order valence-corrected chi connectivity index (χ1v) is 6.25. The van der Waals surface area contributed by atoms with Crippen LogP contribution in [0.4, 0.5) is 0 Å². The summed E-state index contributed by atoms with van der Waals surface area (Å²) in [6.45, 7) is 13.0. The summed E-state index contributed by atoms with van der Waals surface area (Å²) in [6.07, 6.45) is 0. The van der Waals surface area contributed by atoms with Crippen LogP contribution in [0.2, 0.25) is 0 Å². The maximum Gasteiger partial charge on any atom is 0.323 e. The highest BCUT2D eigenvalue weighted by Crippen LogP contribution is 2.18. The zero-order valence-corrected chi connectivity index (χ0v) is 12.5. The van der Waals surface area contributed by atoms with E-state index in [2.05, 4.69) is 5.32 Å². The van der Waals surface area contributed by atoms with Gasteiger partial charge in [0.2, 0.25) is 5.91 Å². The third-order valence-corrected chi connectivity index (χ3v) is 2.93. The Labute approximate surface area is 110 Å². The lowest BCUT2D eigenvalue weighted by atomic mass is 9.99. The van der Waals surface area contributed by atoms with Crippen LogP contribution in [-0.2, 0) is 9.59 Å². The van der Waals surface area contributed by atoms with Crippen LogP contribution in [0, 0.1) is 0 Å². The molecule has 0 aliphatic rings. The van der Waals surface area contributed by atoms with E-state index >= 15 is 0 Å². The summed E-state index contributed by atoms with van der Waals surface area (Å²) in [4.78, 5) is 25.0. The van der Waals surface area contributed by atoms with Crippen molar-refractivity contribution in [3.63, 3.8) is 0 Å². The molecule has 5 nitrogen and oxygen atoms in total. The number of hydrogen-bond acceptors (Lipinski definition) is 3. The second kappa shape index (κ2) is 5.69. The Bertz CT molecular complexity index is 319. The summed E-state index contributed by atoms with van der Waals surface area (Å²) in [5.41, 5.74) is -1.39. The number of carbonyl (C=O) groups excluding carboxylic acids is 1. The van der Waals surface area contributed by atoms with Crippen molar-refractivity contribution in [1.29, 1.82) is 0 Å². The fourth-order valence-electron chi connectivity index (χ4n) is 1.89. The third-order valence-electron chi connectivity index (χ3n) is 2.93. The molecule has 5 heteroatoms. The van der Waals surface area contributed by atoms with Gasteiger partial charge in [-0.3, -0.25) is 14.5 Å². The number of carboxylic acids is 1. The first kappa shape index (κ1) is 16.9. The zero-order valence-electron chi connectivity index (χ0n) is 12.5. The monoisotopic (exact) mass is 258 g/mol. The summed E-state index contributed by atoms with van der Waals surface area (Å²) in [6, 6.07) is -0.486. The molecule has 0 aromatic rings. The van der Waals surface area contributed by atoms with E-state index in [9.17, 15) is 14.7 Å². The Balaban J connectivity index is 4.98.